The monoisotopic (exact) mass is 313 g/mol. The second-order valence-corrected chi connectivity index (χ2v) is 7.47. The summed E-state index contributed by atoms with van der Waals surface area (Å²) in [7, 11) is 2.21. The minimum Gasteiger partial charge on any atom is -0.323 e. The van der Waals surface area contributed by atoms with Gasteiger partial charge in [0.1, 0.15) is 0 Å². The Kier molecular flexibility index (Phi) is 4.02. The molecule has 0 aromatic heterocycles. The average Bonchev–Trinajstić information content (AvgIpc) is 2.72. The van der Waals surface area contributed by atoms with Crippen LogP contribution in [0.3, 0.4) is 0 Å². The lowest BCUT2D eigenvalue weighted by Crippen LogP contribution is -2.41. The molecule has 2 amide bonds. The molecule has 23 heavy (non-hydrogen) atoms. The Labute approximate surface area is 138 Å². The maximum absolute atomic E-state index is 12.6. The quantitative estimate of drug-likeness (QED) is 0.904. The second kappa shape index (κ2) is 6.16. The number of likely N-dealkylation sites (N-methyl/N-ethyl adjacent to an activating group) is 1. The number of amides is 2. The van der Waals surface area contributed by atoms with Crippen LogP contribution in [0, 0.1) is 0 Å². The lowest BCUT2D eigenvalue weighted by atomic mass is 9.80. The Morgan fingerprint density at radius 2 is 1.78 bits per heavy atom. The van der Waals surface area contributed by atoms with Gasteiger partial charge < -0.3 is 10.2 Å². The van der Waals surface area contributed by atoms with Crippen LogP contribution in [0.5, 0.6) is 0 Å². The van der Waals surface area contributed by atoms with E-state index in [2.05, 4.69) is 41.5 Å². The number of nitrogens with one attached hydrogen (secondary N) is 1. The maximum atomic E-state index is 12.6. The first-order chi connectivity index (χ1) is 11.2. The number of hydrogen-bond acceptors (Lipinski definition) is 2. The number of carbonyl (C=O) groups excluding carboxylic acids is 1. The number of urea groups is 1. The van der Waals surface area contributed by atoms with Crippen molar-refractivity contribution in [2.24, 2.45) is 0 Å². The van der Waals surface area contributed by atoms with E-state index in [1.165, 1.54) is 37.7 Å². The van der Waals surface area contributed by atoms with Crippen LogP contribution in [0.1, 0.15) is 50.0 Å². The molecule has 1 aromatic carbocycles. The number of benzene rings is 1. The van der Waals surface area contributed by atoms with Crippen molar-refractivity contribution in [1.82, 2.24) is 9.80 Å². The van der Waals surface area contributed by atoms with E-state index in [9.17, 15) is 4.79 Å². The van der Waals surface area contributed by atoms with Crippen molar-refractivity contribution < 1.29 is 4.79 Å². The number of hydrogen-bond donors (Lipinski definition) is 1. The first kappa shape index (κ1) is 15.0. The Morgan fingerprint density at radius 3 is 2.48 bits per heavy atom. The molecule has 2 bridgehead atoms. The van der Waals surface area contributed by atoms with Crippen LogP contribution in [0.2, 0.25) is 0 Å². The van der Waals surface area contributed by atoms with Crippen LogP contribution >= 0.6 is 0 Å². The van der Waals surface area contributed by atoms with Crippen molar-refractivity contribution in [2.75, 3.05) is 25.5 Å². The molecule has 4 nitrogen and oxygen atoms in total. The zero-order valence-corrected chi connectivity index (χ0v) is 14.0. The maximum Gasteiger partial charge on any atom is 0.321 e. The molecule has 1 aliphatic carbocycles. The van der Waals surface area contributed by atoms with Crippen molar-refractivity contribution in [1.29, 1.82) is 0 Å². The van der Waals surface area contributed by atoms with E-state index >= 15 is 0 Å². The summed E-state index contributed by atoms with van der Waals surface area (Å²) in [5, 5.41) is 3.08. The number of anilines is 1. The molecule has 1 N–H and O–H groups in total. The average molecular weight is 313 g/mol. The second-order valence-electron chi connectivity index (χ2n) is 7.47. The van der Waals surface area contributed by atoms with Gasteiger partial charge in [-0.05, 0) is 62.8 Å². The third kappa shape index (κ3) is 2.97. The molecule has 3 fully saturated rings. The summed E-state index contributed by atoms with van der Waals surface area (Å²) in [6, 6.07) is 9.73. The van der Waals surface area contributed by atoms with Crippen LogP contribution in [-0.4, -0.2) is 48.1 Å². The fraction of sp³-hybridized carbons (Fsp3) is 0.632. The van der Waals surface area contributed by atoms with Crippen LogP contribution < -0.4 is 5.32 Å². The van der Waals surface area contributed by atoms with Gasteiger partial charge in [0.05, 0.1) is 0 Å². The van der Waals surface area contributed by atoms with Gasteiger partial charge in [0.25, 0.3) is 0 Å². The predicted molar refractivity (Wildman–Crippen MR) is 92.8 cm³/mol. The summed E-state index contributed by atoms with van der Waals surface area (Å²) >= 11 is 0. The molecule has 0 spiro atoms. The SMILES string of the molecule is CN1C2CCC1CN(C(=O)Nc1ccc(C3CCC3)cc1)CC2. The van der Waals surface area contributed by atoms with Crippen molar-refractivity contribution in [3.63, 3.8) is 0 Å². The predicted octanol–water partition coefficient (Wildman–Crippen LogP) is 3.65. The lowest BCUT2D eigenvalue weighted by molar-refractivity contribution is 0.200. The molecule has 2 heterocycles. The fourth-order valence-electron chi connectivity index (χ4n) is 4.28. The van der Waals surface area contributed by atoms with E-state index in [1.54, 1.807) is 0 Å². The van der Waals surface area contributed by atoms with E-state index in [4.69, 9.17) is 0 Å². The highest BCUT2D eigenvalue weighted by Crippen LogP contribution is 2.36. The highest BCUT2D eigenvalue weighted by molar-refractivity contribution is 5.89. The third-order valence-electron chi connectivity index (χ3n) is 6.17. The number of carbonyl (C=O) groups is 1. The molecule has 124 valence electrons. The molecule has 1 saturated carbocycles. The van der Waals surface area contributed by atoms with Gasteiger partial charge in [-0.1, -0.05) is 18.6 Å². The van der Waals surface area contributed by atoms with Crippen LogP contribution in [-0.2, 0) is 0 Å². The molecule has 2 aliphatic heterocycles. The molecule has 2 atom stereocenters. The van der Waals surface area contributed by atoms with Gasteiger partial charge in [0.2, 0.25) is 0 Å². The zero-order valence-electron chi connectivity index (χ0n) is 14.0. The number of fused-ring (bicyclic) bond motifs is 2. The Bertz CT molecular complexity index is 566. The first-order valence-electron chi connectivity index (χ1n) is 9.08. The normalized spacial score (nSPS) is 28.3. The molecular formula is C19H27N3O. The van der Waals surface area contributed by atoms with Gasteiger partial charge in [0, 0.05) is 30.9 Å². The molecule has 4 rings (SSSR count). The van der Waals surface area contributed by atoms with Crippen LogP contribution in [0.4, 0.5) is 10.5 Å². The molecule has 0 radical (unpaired) electrons. The van der Waals surface area contributed by atoms with Gasteiger partial charge in [-0.2, -0.15) is 0 Å². The fourth-order valence-corrected chi connectivity index (χ4v) is 4.28. The zero-order chi connectivity index (χ0) is 15.8. The standard InChI is InChI=1S/C19H27N3O/c1-21-17-9-10-18(21)13-22(12-11-17)19(23)20-16-7-5-15(6-8-16)14-3-2-4-14/h5-8,14,17-18H,2-4,9-13H2,1H3,(H,20,23). The minimum absolute atomic E-state index is 0.0577. The third-order valence-corrected chi connectivity index (χ3v) is 6.17. The molecular weight excluding hydrogens is 286 g/mol. The smallest absolute Gasteiger partial charge is 0.321 e. The van der Waals surface area contributed by atoms with Crippen molar-refractivity contribution in [3.8, 4) is 0 Å². The summed E-state index contributed by atoms with van der Waals surface area (Å²) in [5.74, 6) is 0.747. The lowest BCUT2D eigenvalue weighted by Gasteiger charge is -2.27. The Hall–Kier alpha value is -1.55. The summed E-state index contributed by atoms with van der Waals surface area (Å²) in [6.07, 6.45) is 7.60. The Balaban J connectivity index is 1.37. The van der Waals surface area contributed by atoms with Crippen LogP contribution in [0.15, 0.2) is 24.3 Å². The van der Waals surface area contributed by atoms with Crippen molar-refractivity contribution in [3.05, 3.63) is 29.8 Å². The highest BCUT2D eigenvalue weighted by atomic mass is 16.2. The molecule has 3 aliphatic rings. The van der Waals surface area contributed by atoms with E-state index in [1.807, 2.05) is 4.90 Å². The van der Waals surface area contributed by atoms with Crippen molar-refractivity contribution >= 4 is 11.7 Å². The van der Waals surface area contributed by atoms with E-state index in [-0.39, 0.29) is 6.03 Å². The summed E-state index contributed by atoms with van der Waals surface area (Å²) in [6.45, 7) is 1.73. The van der Waals surface area contributed by atoms with Gasteiger partial charge >= 0.3 is 6.03 Å². The Morgan fingerprint density at radius 1 is 1.04 bits per heavy atom. The molecule has 2 saturated heterocycles. The number of rotatable bonds is 2. The van der Waals surface area contributed by atoms with Gasteiger partial charge in [-0.3, -0.25) is 4.90 Å². The number of nitrogens with zero attached hydrogens (tertiary/aromatic N) is 2. The van der Waals surface area contributed by atoms with Gasteiger partial charge in [-0.25, -0.2) is 4.79 Å². The molecule has 2 unspecified atom stereocenters. The molecule has 1 aromatic rings. The summed E-state index contributed by atoms with van der Waals surface area (Å²) in [4.78, 5) is 17.1. The summed E-state index contributed by atoms with van der Waals surface area (Å²) in [5.41, 5.74) is 2.34. The topological polar surface area (TPSA) is 35.6 Å². The molecule has 4 heteroatoms. The highest BCUT2D eigenvalue weighted by Gasteiger charge is 2.35. The van der Waals surface area contributed by atoms with Crippen molar-refractivity contribution in [2.45, 2.75) is 56.5 Å². The van der Waals surface area contributed by atoms with Gasteiger partial charge in [-0.15, -0.1) is 0 Å². The van der Waals surface area contributed by atoms with E-state index < -0.39 is 0 Å². The van der Waals surface area contributed by atoms with Crippen LogP contribution in [0.25, 0.3) is 0 Å². The first-order valence-corrected chi connectivity index (χ1v) is 9.08. The largest absolute Gasteiger partial charge is 0.323 e. The minimum atomic E-state index is 0.0577. The summed E-state index contributed by atoms with van der Waals surface area (Å²) < 4.78 is 0. The van der Waals surface area contributed by atoms with Gasteiger partial charge in [0.15, 0.2) is 0 Å². The van der Waals surface area contributed by atoms with E-state index in [0.29, 0.717) is 12.1 Å². The van der Waals surface area contributed by atoms with E-state index in [0.717, 1.165) is 31.1 Å². The number of likely N-dealkylation sites (tertiary alicyclic amines) is 1.